The Bertz CT molecular complexity index is 1210. The maximum absolute atomic E-state index is 13.8. The van der Waals surface area contributed by atoms with Gasteiger partial charge in [-0.3, -0.25) is 5.32 Å². The van der Waals surface area contributed by atoms with Crippen LogP contribution < -0.4 is 19.7 Å². The average molecular weight is 514 g/mol. The van der Waals surface area contributed by atoms with Crippen LogP contribution >= 0.6 is 0 Å². The zero-order chi connectivity index (χ0) is 25.4. The summed E-state index contributed by atoms with van der Waals surface area (Å²) in [5, 5.41) is 2.00. The Balaban J connectivity index is 1.54. The van der Waals surface area contributed by atoms with Crippen molar-refractivity contribution in [1.82, 2.24) is 4.72 Å². The first-order chi connectivity index (χ1) is 17.3. The lowest BCUT2D eigenvalue weighted by Crippen LogP contribution is -2.43. The molecule has 2 N–H and O–H groups in total. The molecule has 2 saturated carbocycles. The fourth-order valence-electron chi connectivity index (χ4n) is 5.10. The maximum Gasteiger partial charge on any atom is 0.411 e. The predicted octanol–water partition coefficient (Wildman–Crippen LogP) is 5.28. The number of amides is 1. The van der Waals surface area contributed by atoms with Gasteiger partial charge in [0.25, 0.3) is 0 Å². The third-order valence-electron chi connectivity index (χ3n) is 7.04. The molecule has 2 aromatic carbocycles. The second-order valence-corrected chi connectivity index (χ2v) is 12.0. The van der Waals surface area contributed by atoms with E-state index in [1.54, 1.807) is 13.8 Å². The number of nitrogens with one attached hydrogen (secondary N) is 2. The van der Waals surface area contributed by atoms with Crippen molar-refractivity contribution in [1.29, 1.82) is 0 Å². The van der Waals surface area contributed by atoms with Crippen molar-refractivity contribution in [3.05, 3.63) is 53.6 Å². The summed E-state index contributed by atoms with van der Waals surface area (Å²) in [6.07, 6.45) is 4.21. The fourth-order valence-corrected chi connectivity index (χ4v) is 7.11. The Hall–Kier alpha value is -2.78. The minimum Gasteiger partial charge on any atom is -0.494 e. The molecule has 36 heavy (non-hydrogen) atoms. The summed E-state index contributed by atoms with van der Waals surface area (Å²) < 4.78 is 41.5. The first kappa shape index (κ1) is 24.9. The molecule has 0 bridgehead atoms. The Morgan fingerprint density at radius 1 is 1.08 bits per heavy atom. The van der Waals surface area contributed by atoms with Gasteiger partial charge in [-0.15, -0.1) is 0 Å². The largest absolute Gasteiger partial charge is 0.494 e. The Morgan fingerprint density at radius 3 is 2.39 bits per heavy atom. The molecule has 0 radical (unpaired) electrons. The van der Waals surface area contributed by atoms with E-state index in [-0.39, 0.29) is 24.2 Å². The summed E-state index contributed by atoms with van der Waals surface area (Å²) >= 11 is 0. The number of ether oxygens (including phenoxy) is 2. The van der Waals surface area contributed by atoms with E-state index in [4.69, 9.17) is 9.47 Å². The molecule has 2 aromatic rings. The van der Waals surface area contributed by atoms with Gasteiger partial charge < -0.3 is 14.4 Å². The molecule has 2 unspecified atom stereocenters. The van der Waals surface area contributed by atoms with E-state index in [0.29, 0.717) is 12.3 Å². The summed E-state index contributed by atoms with van der Waals surface area (Å²) in [7, 11) is -3.65. The van der Waals surface area contributed by atoms with E-state index < -0.39 is 21.4 Å². The number of hydrogen-bond donors (Lipinski definition) is 2. The lowest BCUT2D eigenvalue weighted by Gasteiger charge is -2.42. The number of anilines is 2. The van der Waals surface area contributed by atoms with Gasteiger partial charge in [-0.05, 0) is 82.2 Å². The van der Waals surface area contributed by atoms with Gasteiger partial charge in [-0.1, -0.05) is 18.2 Å². The van der Waals surface area contributed by atoms with Crippen molar-refractivity contribution >= 4 is 27.5 Å². The first-order valence-electron chi connectivity index (χ1n) is 12.9. The van der Waals surface area contributed by atoms with Crippen molar-refractivity contribution in [2.24, 2.45) is 0 Å². The lowest BCUT2D eigenvalue weighted by molar-refractivity contribution is 0.130. The fraction of sp³-hybridized carbons (Fsp3) is 0.519. The van der Waals surface area contributed by atoms with Crippen LogP contribution in [0.5, 0.6) is 5.75 Å². The minimum atomic E-state index is -3.65. The van der Waals surface area contributed by atoms with E-state index in [1.165, 1.54) is 0 Å². The standard InChI is InChI=1S/C27H35N3O5S/c1-4-34-22-14-15-23-24(16-22)30(21-6-5-7-21)25(26(23)36(32,33)29-20-12-13-20)18-8-10-19(11-9-18)28-27(31)35-17(2)3/h8-11,14-17,20-21,25-26,29H,4-7,12-13H2,1-3H3,(H,28,31). The minimum absolute atomic E-state index is 0.0260. The number of rotatable bonds is 9. The van der Waals surface area contributed by atoms with E-state index in [9.17, 15) is 13.2 Å². The molecule has 8 nitrogen and oxygen atoms in total. The second-order valence-electron chi connectivity index (χ2n) is 10.1. The van der Waals surface area contributed by atoms with E-state index in [0.717, 1.165) is 54.7 Å². The SMILES string of the molecule is CCOc1ccc2c(c1)N(C1CCC1)C(c1ccc(NC(=O)OC(C)C)cc1)C2S(=O)(=O)NC1CC1. The molecular formula is C27H35N3O5S. The molecule has 3 aliphatic rings. The molecule has 2 fully saturated rings. The normalized spacial score (nSPS) is 21.7. The summed E-state index contributed by atoms with van der Waals surface area (Å²) in [6.45, 7) is 6.08. The van der Waals surface area contributed by atoms with Crippen LogP contribution in [0.25, 0.3) is 0 Å². The summed E-state index contributed by atoms with van der Waals surface area (Å²) in [4.78, 5) is 14.3. The molecule has 0 spiro atoms. The van der Waals surface area contributed by atoms with Crippen LogP contribution in [0.2, 0.25) is 0 Å². The number of nitrogens with zero attached hydrogens (tertiary/aromatic N) is 1. The van der Waals surface area contributed by atoms with Crippen molar-refractivity contribution in [2.75, 3.05) is 16.8 Å². The third kappa shape index (κ3) is 5.04. The van der Waals surface area contributed by atoms with Crippen molar-refractivity contribution in [2.45, 2.75) is 82.4 Å². The highest BCUT2D eigenvalue weighted by atomic mass is 32.2. The van der Waals surface area contributed by atoms with Crippen LogP contribution in [-0.2, 0) is 14.8 Å². The topological polar surface area (TPSA) is 97.0 Å². The zero-order valence-electron chi connectivity index (χ0n) is 21.1. The van der Waals surface area contributed by atoms with E-state index in [1.807, 2.05) is 49.4 Å². The van der Waals surface area contributed by atoms with Crippen LogP contribution in [-0.4, -0.2) is 39.3 Å². The molecule has 1 amide bonds. The Kier molecular flexibility index (Phi) is 6.87. The second kappa shape index (κ2) is 9.94. The van der Waals surface area contributed by atoms with Crippen molar-refractivity contribution < 1.29 is 22.7 Å². The summed E-state index contributed by atoms with van der Waals surface area (Å²) in [5.74, 6) is 0.746. The van der Waals surface area contributed by atoms with Crippen LogP contribution in [0.4, 0.5) is 16.2 Å². The highest BCUT2D eigenvalue weighted by molar-refractivity contribution is 7.89. The number of fused-ring (bicyclic) bond motifs is 1. The number of hydrogen-bond acceptors (Lipinski definition) is 6. The molecule has 2 aliphatic carbocycles. The maximum atomic E-state index is 13.8. The van der Waals surface area contributed by atoms with Crippen LogP contribution in [0, 0.1) is 0 Å². The molecular weight excluding hydrogens is 478 g/mol. The molecule has 0 saturated heterocycles. The monoisotopic (exact) mass is 513 g/mol. The quantitative estimate of drug-likeness (QED) is 0.474. The predicted molar refractivity (Wildman–Crippen MR) is 140 cm³/mol. The van der Waals surface area contributed by atoms with Crippen LogP contribution in [0.3, 0.4) is 0 Å². The van der Waals surface area contributed by atoms with Gasteiger partial charge in [0.2, 0.25) is 10.0 Å². The first-order valence-corrected chi connectivity index (χ1v) is 14.4. The smallest absolute Gasteiger partial charge is 0.411 e. The van der Waals surface area contributed by atoms with Gasteiger partial charge in [0, 0.05) is 29.5 Å². The van der Waals surface area contributed by atoms with Gasteiger partial charge >= 0.3 is 6.09 Å². The number of carbonyl (C=O) groups is 1. The third-order valence-corrected chi connectivity index (χ3v) is 8.88. The summed E-state index contributed by atoms with van der Waals surface area (Å²) in [6, 6.07) is 13.1. The highest BCUT2D eigenvalue weighted by Gasteiger charge is 2.50. The van der Waals surface area contributed by atoms with Crippen molar-refractivity contribution in [3.63, 3.8) is 0 Å². The van der Waals surface area contributed by atoms with Crippen LogP contribution in [0.1, 0.15) is 75.3 Å². The number of carbonyl (C=O) groups excluding carboxylic acids is 1. The van der Waals surface area contributed by atoms with Gasteiger partial charge in [0.05, 0.1) is 18.8 Å². The van der Waals surface area contributed by atoms with Crippen molar-refractivity contribution in [3.8, 4) is 5.75 Å². The molecule has 5 rings (SSSR count). The van der Waals surface area contributed by atoms with Gasteiger partial charge in [-0.2, -0.15) is 0 Å². The molecule has 1 heterocycles. The number of sulfonamides is 1. The molecule has 2 atom stereocenters. The van der Waals surface area contributed by atoms with E-state index in [2.05, 4.69) is 14.9 Å². The highest BCUT2D eigenvalue weighted by Crippen LogP contribution is 2.55. The van der Waals surface area contributed by atoms with Gasteiger partial charge in [0.15, 0.2) is 0 Å². The van der Waals surface area contributed by atoms with E-state index >= 15 is 0 Å². The zero-order valence-corrected chi connectivity index (χ0v) is 21.9. The van der Waals surface area contributed by atoms with Gasteiger partial charge in [-0.25, -0.2) is 17.9 Å². The Labute approximate surface area is 213 Å². The summed E-state index contributed by atoms with van der Waals surface area (Å²) in [5.41, 5.74) is 3.24. The molecule has 9 heteroatoms. The molecule has 0 aromatic heterocycles. The lowest BCUT2D eigenvalue weighted by atomic mass is 9.89. The Morgan fingerprint density at radius 2 is 1.81 bits per heavy atom. The van der Waals surface area contributed by atoms with Crippen LogP contribution in [0.15, 0.2) is 42.5 Å². The molecule has 194 valence electrons. The number of benzene rings is 2. The van der Waals surface area contributed by atoms with Gasteiger partial charge in [0.1, 0.15) is 11.0 Å². The molecule has 1 aliphatic heterocycles. The average Bonchev–Trinajstić information content (AvgIpc) is 3.52.